The molecule has 0 amide bonds. The number of carboxylic acids is 2. The fourth-order valence-electron chi connectivity index (χ4n) is 8.56. The van der Waals surface area contributed by atoms with Gasteiger partial charge in [0.15, 0.2) is 41.1 Å². The average molecular weight is 1430 g/mol. The van der Waals surface area contributed by atoms with E-state index in [2.05, 4.69) is 0 Å². The van der Waals surface area contributed by atoms with Gasteiger partial charge in [0, 0.05) is 38.9 Å². The van der Waals surface area contributed by atoms with Gasteiger partial charge in [-0.05, 0) is 25.3 Å². The van der Waals surface area contributed by atoms with Crippen LogP contribution in [-0.2, 0) is 43.0 Å². The average Bonchev–Trinajstić information content (AvgIpc) is 0.805. The van der Waals surface area contributed by atoms with Crippen LogP contribution in [0.3, 0.4) is 0 Å². The highest BCUT2D eigenvalue weighted by molar-refractivity contribution is 5.92. The van der Waals surface area contributed by atoms with Crippen molar-refractivity contribution >= 4 is 35.1 Å². The summed E-state index contributed by atoms with van der Waals surface area (Å²) in [5.41, 5.74) is -3.98. The van der Waals surface area contributed by atoms with Crippen LogP contribution in [0.15, 0.2) is 23.4 Å². The molecule has 0 saturated carbocycles. The number of aliphatic hydroxyl groups excluding tert-OH is 21. The van der Waals surface area contributed by atoms with Crippen molar-refractivity contribution < 1.29 is 160 Å². The van der Waals surface area contributed by atoms with E-state index in [0.29, 0.717) is 17.9 Å². The van der Waals surface area contributed by atoms with E-state index in [1.54, 1.807) is 55.4 Å². The second kappa shape index (κ2) is 41.1. The predicted molar refractivity (Wildman–Crippen MR) is 352 cm³/mol. The first-order valence-electron chi connectivity index (χ1n) is 31.7. The monoisotopic (exact) mass is 1430 g/mol. The van der Waals surface area contributed by atoms with Crippen LogP contribution in [0.1, 0.15) is 173 Å². The van der Waals surface area contributed by atoms with Crippen LogP contribution >= 0.6 is 0 Å². The van der Waals surface area contributed by atoms with Gasteiger partial charge < -0.3 is 132 Å². The topological polar surface area (TPSA) is 595 Å². The van der Waals surface area contributed by atoms with E-state index in [4.69, 9.17) is 60.2 Å². The minimum Gasteiger partial charge on any atom is -0.506 e. The van der Waals surface area contributed by atoms with E-state index in [1.807, 2.05) is 69.2 Å². The van der Waals surface area contributed by atoms with Gasteiger partial charge in [0.1, 0.15) is 116 Å². The quantitative estimate of drug-likeness (QED) is 0.0781. The number of rotatable bonds is 16. The zero-order valence-corrected chi connectivity index (χ0v) is 61.4. The Morgan fingerprint density at radius 1 is 0.429 bits per heavy atom. The number of ketones is 4. The van der Waals surface area contributed by atoms with E-state index in [-0.39, 0.29) is 33.9 Å². The molecule has 0 radical (unpaired) electrons. The lowest BCUT2D eigenvalue weighted by Crippen LogP contribution is -2.59. The number of hydrogen-bond acceptors (Lipinski definition) is 30. The summed E-state index contributed by atoms with van der Waals surface area (Å²) >= 11 is 0. The number of aliphatic carboxylic acids is 2. The van der Waals surface area contributed by atoms with E-state index in [0.717, 1.165) is 0 Å². The molecular formula is C66H124O32. The number of Topliss-reactive ketones (excluding diaryl/α,β-unsaturated/α-hetero) is 4. The fraction of sp³-hybridized carbons (Fsp3) is 0.848. The lowest BCUT2D eigenvalue weighted by atomic mass is 9.80. The Bertz CT molecular complexity index is 2490. The van der Waals surface area contributed by atoms with Crippen LogP contribution < -0.4 is 0 Å². The van der Waals surface area contributed by atoms with Gasteiger partial charge in [-0.25, -0.2) is 9.59 Å². The molecule has 0 bridgehead atoms. The first kappa shape index (κ1) is 100. The number of aliphatic hydroxyl groups is 21. The highest BCUT2D eigenvalue weighted by Crippen LogP contribution is 2.36. The molecule has 22 unspecified atom stereocenters. The van der Waals surface area contributed by atoms with Crippen molar-refractivity contribution in [3.63, 3.8) is 0 Å². The molecule has 0 aliphatic carbocycles. The second-order valence-electron chi connectivity index (χ2n) is 31.5. The summed E-state index contributed by atoms with van der Waals surface area (Å²) in [7, 11) is 0. The van der Waals surface area contributed by atoms with Gasteiger partial charge in [-0.3, -0.25) is 19.2 Å². The predicted octanol–water partition coefficient (Wildman–Crippen LogP) is -2.18. The Labute approximate surface area is 575 Å². The van der Waals surface area contributed by atoms with Crippen LogP contribution in [0, 0.1) is 37.9 Å². The molecule has 3 rings (SSSR count). The standard InChI is InChI=1S/C11H20O4.C10H18O7.C10H20O6.C10H20O4.C10H18O3.C8H14O5.C7H14O3/c1-5-6-7(12)8(13)9(14)10(15-6)11(2,3)4;1-10(2,3)8(15)6(13)4(11)5(12)7(14)9(16)17;1-10(2,3)9(16)8(15)7(14)6(13)5(12)4-11;1-5-6(11)7(12)8(13)9(14-5)10(2,3)4;1-6-5-7(11)8(12)9(13-6)10(2,3)4;1-8(2,3)6(11)4(9)5(10)7(12)13;1-7(2,3)6(10)5(9)4-8/h8-10,12-14H,5H2,1-4H3;4-7,11-14H,1-3H3,(H,16,17);5-8,11-15H,4H2,1-3H3;5-9,11-13H,1-4H3;5,7-9,11-12H,1-4H3;4-5,9-10H,1-3H3,(H,12,13);5,8-9H,4H2,1-3H3. The zero-order chi connectivity index (χ0) is 79.3. The largest absolute Gasteiger partial charge is 0.506 e. The van der Waals surface area contributed by atoms with Gasteiger partial charge in [-0.15, -0.1) is 0 Å². The molecule has 32 heteroatoms. The molecule has 0 aromatic rings. The Morgan fingerprint density at radius 2 is 0.765 bits per heavy atom. The van der Waals surface area contributed by atoms with Crippen molar-refractivity contribution in [2.24, 2.45) is 37.9 Å². The lowest BCUT2D eigenvalue weighted by molar-refractivity contribution is -0.239. The smallest absolute Gasteiger partial charge is 0.335 e. The maximum atomic E-state index is 11.6. The maximum absolute atomic E-state index is 11.6. The molecule has 0 aromatic carbocycles. The van der Waals surface area contributed by atoms with Crippen molar-refractivity contribution in [1.29, 1.82) is 0 Å². The summed E-state index contributed by atoms with van der Waals surface area (Å²) in [6.07, 6.45) is -27.4. The van der Waals surface area contributed by atoms with Crippen molar-refractivity contribution in [3.05, 3.63) is 23.4 Å². The van der Waals surface area contributed by atoms with Gasteiger partial charge in [0.2, 0.25) is 0 Å². The fourth-order valence-corrected chi connectivity index (χ4v) is 8.56. The van der Waals surface area contributed by atoms with Gasteiger partial charge >= 0.3 is 11.9 Å². The number of ether oxygens (including phenoxy) is 3. The highest BCUT2D eigenvalue weighted by atomic mass is 16.5. The van der Waals surface area contributed by atoms with Gasteiger partial charge in [-0.2, -0.15) is 0 Å². The number of carboxylic acid groups (broad SMARTS) is 2. The molecule has 3 aliphatic heterocycles. The van der Waals surface area contributed by atoms with Crippen LogP contribution in [0.2, 0.25) is 0 Å². The number of carbonyl (C=O) groups excluding carboxylic acids is 4. The molecule has 98 heavy (non-hydrogen) atoms. The summed E-state index contributed by atoms with van der Waals surface area (Å²) in [5.74, 6) is -4.99. The Hall–Kier alpha value is -4.34. The number of allylic oxidation sites excluding steroid dienone is 2. The Morgan fingerprint density at radius 3 is 1.07 bits per heavy atom. The minimum absolute atomic E-state index is 0.171. The summed E-state index contributed by atoms with van der Waals surface area (Å²) in [5, 5.41) is 212. The molecule has 1 fully saturated rings. The molecule has 3 heterocycles. The molecule has 0 spiro atoms. The number of carbonyl (C=O) groups is 6. The molecule has 0 aromatic heterocycles. The van der Waals surface area contributed by atoms with Crippen LogP contribution in [0.5, 0.6) is 0 Å². The molecule has 580 valence electrons. The molecular weight excluding hydrogens is 1300 g/mol. The zero-order valence-electron chi connectivity index (χ0n) is 61.4. The summed E-state index contributed by atoms with van der Waals surface area (Å²) in [6.45, 7) is 40.4. The maximum Gasteiger partial charge on any atom is 0.335 e. The lowest BCUT2D eigenvalue weighted by Gasteiger charge is -2.44. The molecule has 32 nitrogen and oxygen atoms in total. The van der Waals surface area contributed by atoms with E-state index in [9.17, 15) is 100 Å². The third-order valence-corrected chi connectivity index (χ3v) is 14.9. The first-order valence-corrected chi connectivity index (χ1v) is 31.7. The molecule has 3 aliphatic rings. The van der Waals surface area contributed by atoms with Crippen molar-refractivity contribution in [3.8, 4) is 0 Å². The van der Waals surface area contributed by atoms with E-state index >= 15 is 0 Å². The van der Waals surface area contributed by atoms with Gasteiger partial charge in [-0.1, -0.05) is 152 Å². The normalized spacial score (nSPS) is 26.4. The van der Waals surface area contributed by atoms with Crippen molar-refractivity contribution in [2.75, 3.05) is 13.2 Å². The van der Waals surface area contributed by atoms with Crippen molar-refractivity contribution in [2.45, 2.75) is 307 Å². The van der Waals surface area contributed by atoms with Gasteiger partial charge in [0.05, 0.1) is 31.2 Å². The van der Waals surface area contributed by atoms with Crippen molar-refractivity contribution in [1.82, 2.24) is 0 Å². The molecule has 22 atom stereocenters. The van der Waals surface area contributed by atoms with E-state index in [1.165, 1.54) is 47.6 Å². The SMILES string of the molecule is CC(C)(C)C(=O)C(O)C(O)C(=O)O.CC(C)(C)C(=O)C(O)C(O)C(O)C(O)C(=O)O.CC(C)(C)C(=O)C(O)C(O)C(O)C(O)CO.CC(C)(C)C(=O)C(O)CO.CC1=CC(O)C(O)C(C(C)(C)C)O1.CC1OC(C(C)(C)C)C(O)C(O)C1O.CCC1=C(O)C(O)C(O)C(C(C)(C)C)O1. The van der Waals surface area contributed by atoms with Crippen LogP contribution in [0.25, 0.3) is 0 Å². The summed E-state index contributed by atoms with van der Waals surface area (Å²) < 4.78 is 16.5. The third kappa shape index (κ3) is 32.8. The first-order chi connectivity index (χ1) is 43.5. The van der Waals surface area contributed by atoms with Crippen LogP contribution in [0.4, 0.5) is 0 Å². The number of hydrogen-bond donors (Lipinski definition) is 23. The summed E-state index contributed by atoms with van der Waals surface area (Å²) in [4.78, 5) is 65.9. The minimum atomic E-state index is -2.27. The highest BCUT2D eigenvalue weighted by Gasteiger charge is 2.48. The Kier molecular flexibility index (Phi) is 41.9. The third-order valence-electron chi connectivity index (χ3n) is 14.9. The second-order valence-corrected chi connectivity index (χ2v) is 31.5. The Balaban J connectivity index is -0.000000528. The summed E-state index contributed by atoms with van der Waals surface area (Å²) in [6, 6.07) is 0. The van der Waals surface area contributed by atoms with Gasteiger partial charge in [0.25, 0.3) is 0 Å². The molecule has 23 N–H and O–H groups in total. The van der Waals surface area contributed by atoms with Crippen LogP contribution in [-0.4, -0.2) is 300 Å². The molecule has 1 saturated heterocycles. The van der Waals surface area contributed by atoms with E-state index < -0.39 is 192 Å².